The van der Waals surface area contributed by atoms with Gasteiger partial charge in [-0.1, -0.05) is 0 Å². The van der Waals surface area contributed by atoms with E-state index >= 15 is 0 Å². The molecule has 0 saturated carbocycles. The van der Waals surface area contributed by atoms with E-state index in [0.717, 1.165) is 23.5 Å². The Morgan fingerprint density at radius 1 is 1.24 bits per heavy atom. The molecule has 0 bridgehead atoms. The Hall–Kier alpha value is -2.89. The van der Waals surface area contributed by atoms with Crippen molar-refractivity contribution in [1.29, 1.82) is 0 Å². The SMILES string of the molecule is Cc1nn(C)c(C)c1CC(C)NC(=O)c1ccc(-n2ccnc2)cc1. The molecule has 6 heteroatoms. The summed E-state index contributed by atoms with van der Waals surface area (Å²) in [6, 6.07) is 7.52. The van der Waals surface area contributed by atoms with Crippen LogP contribution in [-0.2, 0) is 13.5 Å². The van der Waals surface area contributed by atoms with E-state index in [4.69, 9.17) is 0 Å². The number of aryl methyl sites for hydroxylation is 2. The molecule has 1 N–H and O–H groups in total. The molecule has 6 nitrogen and oxygen atoms in total. The van der Waals surface area contributed by atoms with Crippen LogP contribution in [0.25, 0.3) is 5.69 Å². The van der Waals surface area contributed by atoms with Crippen LogP contribution in [0.2, 0.25) is 0 Å². The van der Waals surface area contributed by atoms with E-state index in [-0.39, 0.29) is 11.9 Å². The van der Waals surface area contributed by atoms with Crippen molar-refractivity contribution in [3.8, 4) is 5.69 Å². The summed E-state index contributed by atoms with van der Waals surface area (Å²) in [6.45, 7) is 6.08. The number of nitrogens with zero attached hydrogens (tertiary/aromatic N) is 4. The van der Waals surface area contributed by atoms with Crippen molar-refractivity contribution in [1.82, 2.24) is 24.6 Å². The summed E-state index contributed by atoms with van der Waals surface area (Å²) in [5, 5.41) is 7.50. The summed E-state index contributed by atoms with van der Waals surface area (Å²) in [5.41, 5.74) is 4.99. The van der Waals surface area contributed by atoms with Gasteiger partial charge in [-0.15, -0.1) is 0 Å². The molecule has 0 spiro atoms. The van der Waals surface area contributed by atoms with E-state index in [2.05, 4.69) is 22.3 Å². The highest BCUT2D eigenvalue weighted by Crippen LogP contribution is 2.15. The zero-order valence-electron chi connectivity index (χ0n) is 15.0. The van der Waals surface area contributed by atoms with Gasteiger partial charge in [0.05, 0.1) is 12.0 Å². The van der Waals surface area contributed by atoms with Crippen LogP contribution in [0.1, 0.15) is 34.2 Å². The number of nitrogens with one attached hydrogen (secondary N) is 1. The Morgan fingerprint density at radius 3 is 2.52 bits per heavy atom. The zero-order chi connectivity index (χ0) is 18.0. The van der Waals surface area contributed by atoms with Crippen molar-refractivity contribution in [2.75, 3.05) is 0 Å². The van der Waals surface area contributed by atoms with Crippen LogP contribution in [-0.4, -0.2) is 31.3 Å². The number of rotatable bonds is 5. The van der Waals surface area contributed by atoms with Gasteiger partial charge in [-0.25, -0.2) is 4.98 Å². The first-order valence-corrected chi connectivity index (χ1v) is 8.34. The summed E-state index contributed by atoms with van der Waals surface area (Å²) < 4.78 is 3.78. The van der Waals surface area contributed by atoms with Crippen molar-refractivity contribution in [2.24, 2.45) is 7.05 Å². The van der Waals surface area contributed by atoms with Gasteiger partial charge < -0.3 is 9.88 Å². The first kappa shape index (κ1) is 17.0. The molecule has 0 aliphatic heterocycles. The number of hydrogen-bond donors (Lipinski definition) is 1. The molecule has 1 amide bonds. The van der Waals surface area contributed by atoms with Crippen molar-refractivity contribution < 1.29 is 4.79 Å². The molecule has 3 rings (SSSR count). The number of benzene rings is 1. The average Bonchev–Trinajstić information content (AvgIpc) is 3.20. The summed E-state index contributed by atoms with van der Waals surface area (Å²) >= 11 is 0. The Kier molecular flexibility index (Phi) is 4.70. The highest BCUT2D eigenvalue weighted by atomic mass is 16.1. The molecule has 1 aromatic carbocycles. The van der Waals surface area contributed by atoms with Gasteiger partial charge in [-0.3, -0.25) is 9.48 Å². The van der Waals surface area contributed by atoms with E-state index in [1.165, 1.54) is 5.56 Å². The van der Waals surface area contributed by atoms with E-state index in [9.17, 15) is 4.79 Å². The van der Waals surface area contributed by atoms with Crippen LogP contribution in [0.3, 0.4) is 0 Å². The van der Waals surface area contributed by atoms with Crippen molar-refractivity contribution in [3.63, 3.8) is 0 Å². The van der Waals surface area contributed by atoms with E-state index < -0.39 is 0 Å². The quantitative estimate of drug-likeness (QED) is 0.778. The van der Waals surface area contributed by atoms with Crippen LogP contribution in [0.4, 0.5) is 0 Å². The highest BCUT2D eigenvalue weighted by molar-refractivity contribution is 5.94. The molecule has 0 aliphatic rings. The van der Waals surface area contributed by atoms with Gasteiger partial charge in [0.15, 0.2) is 0 Å². The van der Waals surface area contributed by atoms with Gasteiger partial charge in [0, 0.05) is 42.4 Å². The summed E-state index contributed by atoms with van der Waals surface area (Å²) in [7, 11) is 1.94. The predicted molar refractivity (Wildman–Crippen MR) is 96.9 cm³/mol. The van der Waals surface area contributed by atoms with Gasteiger partial charge >= 0.3 is 0 Å². The Labute approximate surface area is 147 Å². The van der Waals surface area contributed by atoms with Crippen LogP contribution in [0, 0.1) is 13.8 Å². The summed E-state index contributed by atoms with van der Waals surface area (Å²) in [4.78, 5) is 16.5. The largest absolute Gasteiger partial charge is 0.349 e. The summed E-state index contributed by atoms with van der Waals surface area (Å²) in [6.07, 6.45) is 6.10. The van der Waals surface area contributed by atoms with Crippen molar-refractivity contribution in [2.45, 2.75) is 33.2 Å². The predicted octanol–water partition coefficient (Wildman–Crippen LogP) is 2.58. The molecule has 0 fully saturated rings. The molecule has 130 valence electrons. The second-order valence-electron chi connectivity index (χ2n) is 6.37. The first-order chi connectivity index (χ1) is 12.0. The van der Waals surface area contributed by atoms with Crippen LogP contribution in [0.15, 0.2) is 43.0 Å². The Morgan fingerprint density at radius 2 is 1.96 bits per heavy atom. The lowest BCUT2D eigenvalue weighted by molar-refractivity contribution is 0.0940. The average molecular weight is 337 g/mol. The number of hydrogen-bond acceptors (Lipinski definition) is 3. The second kappa shape index (κ2) is 6.93. The molecule has 25 heavy (non-hydrogen) atoms. The molecular formula is C19H23N5O. The Bertz CT molecular complexity index is 862. The third-order valence-electron chi connectivity index (χ3n) is 4.48. The molecule has 1 atom stereocenters. The number of imidazole rings is 1. The highest BCUT2D eigenvalue weighted by Gasteiger charge is 2.15. The van der Waals surface area contributed by atoms with Gasteiger partial charge in [0.2, 0.25) is 0 Å². The maximum Gasteiger partial charge on any atom is 0.251 e. The normalized spacial score (nSPS) is 12.2. The second-order valence-corrected chi connectivity index (χ2v) is 6.37. The van der Waals surface area contributed by atoms with E-state index in [1.807, 2.05) is 60.6 Å². The molecule has 0 radical (unpaired) electrons. The minimum absolute atomic E-state index is 0.0300. The molecule has 1 unspecified atom stereocenters. The molecule has 0 aliphatic carbocycles. The number of carbonyl (C=O) groups excluding carboxylic acids is 1. The number of aromatic nitrogens is 4. The number of amides is 1. The third-order valence-corrected chi connectivity index (χ3v) is 4.48. The lowest BCUT2D eigenvalue weighted by Crippen LogP contribution is -2.34. The van der Waals surface area contributed by atoms with Gasteiger partial charge in [0.1, 0.15) is 0 Å². The monoisotopic (exact) mass is 337 g/mol. The van der Waals surface area contributed by atoms with Gasteiger partial charge in [0.25, 0.3) is 5.91 Å². The van der Waals surface area contributed by atoms with Gasteiger partial charge in [-0.05, 0) is 57.0 Å². The fourth-order valence-corrected chi connectivity index (χ4v) is 2.97. The third kappa shape index (κ3) is 3.63. The molecule has 2 aromatic heterocycles. The minimum atomic E-state index is -0.0659. The smallest absolute Gasteiger partial charge is 0.251 e. The number of carbonyl (C=O) groups is 1. The first-order valence-electron chi connectivity index (χ1n) is 8.34. The van der Waals surface area contributed by atoms with Crippen LogP contribution in [0.5, 0.6) is 0 Å². The van der Waals surface area contributed by atoms with Gasteiger partial charge in [-0.2, -0.15) is 5.10 Å². The maximum atomic E-state index is 12.5. The topological polar surface area (TPSA) is 64.7 Å². The van der Waals surface area contributed by atoms with E-state index in [0.29, 0.717) is 5.56 Å². The standard InChI is InChI=1S/C19H23N5O/c1-13(11-18-14(2)22-23(4)15(18)3)21-19(25)16-5-7-17(8-6-16)24-10-9-20-12-24/h5-10,12-13H,11H2,1-4H3,(H,21,25). The maximum absolute atomic E-state index is 12.5. The zero-order valence-corrected chi connectivity index (χ0v) is 15.0. The van der Waals surface area contributed by atoms with Crippen LogP contribution >= 0.6 is 0 Å². The van der Waals surface area contributed by atoms with Crippen molar-refractivity contribution in [3.05, 3.63) is 65.5 Å². The Balaban J connectivity index is 1.65. The van der Waals surface area contributed by atoms with Crippen LogP contribution < -0.4 is 5.32 Å². The fraction of sp³-hybridized carbons (Fsp3) is 0.316. The lowest BCUT2D eigenvalue weighted by atomic mass is 10.0. The molecule has 0 saturated heterocycles. The molecule has 2 heterocycles. The minimum Gasteiger partial charge on any atom is -0.349 e. The summed E-state index contributed by atoms with van der Waals surface area (Å²) in [5.74, 6) is -0.0659. The fourth-order valence-electron chi connectivity index (χ4n) is 2.97. The van der Waals surface area contributed by atoms with E-state index in [1.54, 1.807) is 12.5 Å². The lowest BCUT2D eigenvalue weighted by Gasteiger charge is -2.14. The molecular weight excluding hydrogens is 314 g/mol. The van der Waals surface area contributed by atoms with Crippen molar-refractivity contribution >= 4 is 5.91 Å². The molecule has 3 aromatic rings.